The molecule has 1 aliphatic heterocycles. The molecule has 0 saturated carbocycles. The molecule has 0 aliphatic carbocycles. The van der Waals surface area contributed by atoms with Crippen molar-refractivity contribution < 1.29 is 19.1 Å². The maximum atomic E-state index is 11.8. The number of nitrogens with one attached hydrogen (secondary N) is 1. The van der Waals surface area contributed by atoms with Gasteiger partial charge in [0.15, 0.2) is 5.57 Å². The number of ether oxygens (including phenoxy) is 2. The number of benzene rings is 1. The number of esters is 2. The SMILES string of the molecule is CC1(C)OC(=O)C(=CNc2c(Cl)cc(I)cc2Cl)C(=O)O1. The Hall–Kier alpha value is -0.990. The number of cyclic esters (lactones) is 2. The Morgan fingerprint density at radius 1 is 1.14 bits per heavy atom. The fraction of sp³-hybridized carbons (Fsp3) is 0.231. The van der Waals surface area contributed by atoms with Crippen molar-refractivity contribution in [2.45, 2.75) is 19.6 Å². The highest BCUT2D eigenvalue weighted by atomic mass is 127. The van der Waals surface area contributed by atoms with Crippen molar-refractivity contribution >= 4 is 63.4 Å². The summed E-state index contributed by atoms with van der Waals surface area (Å²) in [6.07, 6.45) is 1.17. The molecule has 1 aliphatic rings. The van der Waals surface area contributed by atoms with Gasteiger partial charge in [0.2, 0.25) is 0 Å². The lowest BCUT2D eigenvalue weighted by atomic mass is 10.2. The highest BCUT2D eigenvalue weighted by Gasteiger charge is 2.39. The summed E-state index contributed by atoms with van der Waals surface area (Å²) in [7, 11) is 0. The summed E-state index contributed by atoms with van der Waals surface area (Å²) in [4.78, 5) is 23.5. The monoisotopic (exact) mass is 441 g/mol. The molecule has 5 nitrogen and oxygen atoms in total. The molecule has 2 rings (SSSR count). The van der Waals surface area contributed by atoms with E-state index < -0.39 is 17.7 Å². The predicted octanol–water partition coefficient (Wildman–Crippen LogP) is 3.73. The quantitative estimate of drug-likeness (QED) is 0.328. The first-order valence-electron chi connectivity index (χ1n) is 5.77. The van der Waals surface area contributed by atoms with Crippen LogP contribution in [0.2, 0.25) is 10.0 Å². The van der Waals surface area contributed by atoms with E-state index in [1.807, 2.05) is 0 Å². The zero-order valence-electron chi connectivity index (χ0n) is 11.0. The molecule has 1 N–H and O–H groups in total. The molecule has 1 fully saturated rings. The summed E-state index contributed by atoms with van der Waals surface area (Å²) < 4.78 is 10.8. The van der Waals surface area contributed by atoms with Crippen LogP contribution in [0.1, 0.15) is 13.8 Å². The maximum absolute atomic E-state index is 11.8. The number of halogens is 3. The molecule has 0 radical (unpaired) electrons. The zero-order chi connectivity index (χ0) is 15.8. The first-order chi connectivity index (χ1) is 9.69. The highest BCUT2D eigenvalue weighted by Crippen LogP contribution is 2.33. The van der Waals surface area contributed by atoms with Crippen LogP contribution in [0.4, 0.5) is 5.69 Å². The molecule has 0 amide bonds. The van der Waals surface area contributed by atoms with E-state index in [0.29, 0.717) is 15.7 Å². The molecular weight excluding hydrogens is 432 g/mol. The van der Waals surface area contributed by atoms with E-state index in [1.165, 1.54) is 20.0 Å². The average molecular weight is 442 g/mol. The first kappa shape index (κ1) is 16.4. The third-order valence-electron chi connectivity index (χ3n) is 2.48. The second-order valence-corrected chi connectivity index (χ2v) is 6.69. The Balaban J connectivity index is 2.26. The van der Waals surface area contributed by atoms with Crippen LogP contribution in [0.15, 0.2) is 23.9 Å². The number of rotatable bonds is 2. The number of carbonyl (C=O) groups is 2. The van der Waals surface area contributed by atoms with Gasteiger partial charge in [0, 0.05) is 23.6 Å². The molecule has 1 aromatic rings. The van der Waals surface area contributed by atoms with Crippen LogP contribution in [0.25, 0.3) is 0 Å². The van der Waals surface area contributed by atoms with E-state index in [1.54, 1.807) is 12.1 Å². The summed E-state index contributed by atoms with van der Waals surface area (Å²) in [5, 5.41) is 3.46. The van der Waals surface area contributed by atoms with Gasteiger partial charge in [-0.2, -0.15) is 0 Å². The second kappa shape index (κ2) is 6.02. The summed E-state index contributed by atoms with van der Waals surface area (Å²) in [5.41, 5.74) is 0.122. The Morgan fingerprint density at radius 3 is 2.10 bits per heavy atom. The molecule has 0 bridgehead atoms. The van der Waals surface area contributed by atoms with Crippen molar-refractivity contribution in [1.29, 1.82) is 0 Å². The Labute approximate surface area is 144 Å². The number of carbonyl (C=O) groups excluding carboxylic acids is 2. The molecule has 0 aromatic heterocycles. The fourth-order valence-corrected chi connectivity index (χ4v) is 3.19. The van der Waals surface area contributed by atoms with E-state index in [9.17, 15) is 9.59 Å². The maximum Gasteiger partial charge on any atom is 0.350 e. The lowest BCUT2D eigenvalue weighted by Gasteiger charge is -2.29. The lowest BCUT2D eigenvalue weighted by Crippen LogP contribution is -2.42. The molecule has 1 heterocycles. The van der Waals surface area contributed by atoms with E-state index in [4.69, 9.17) is 32.7 Å². The summed E-state index contributed by atoms with van der Waals surface area (Å²) >= 11 is 14.2. The topological polar surface area (TPSA) is 64.6 Å². The Morgan fingerprint density at radius 2 is 1.62 bits per heavy atom. The van der Waals surface area contributed by atoms with Gasteiger partial charge in [0.25, 0.3) is 5.79 Å². The minimum Gasteiger partial charge on any atom is -0.419 e. The van der Waals surface area contributed by atoms with E-state index in [0.717, 1.165) is 3.57 Å². The molecule has 1 aromatic carbocycles. The second-order valence-electron chi connectivity index (χ2n) is 4.63. The van der Waals surface area contributed by atoms with Gasteiger partial charge in [-0.25, -0.2) is 9.59 Å². The molecule has 21 heavy (non-hydrogen) atoms. The van der Waals surface area contributed by atoms with Crippen LogP contribution in [0.5, 0.6) is 0 Å². The van der Waals surface area contributed by atoms with Crippen molar-refractivity contribution in [3.05, 3.63) is 37.5 Å². The van der Waals surface area contributed by atoms with Gasteiger partial charge in [-0.05, 0) is 34.7 Å². The summed E-state index contributed by atoms with van der Waals surface area (Å²) in [5.74, 6) is -2.83. The van der Waals surface area contributed by atoms with Crippen LogP contribution >= 0.6 is 45.8 Å². The van der Waals surface area contributed by atoms with Gasteiger partial charge in [-0.15, -0.1) is 0 Å². The van der Waals surface area contributed by atoms with Gasteiger partial charge in [0.05, 0.1) is 15.7 Å². The van der Waals surface area contributed by atoms with Crippen LogP contribution in [0, 0.1) is 3.57 Å². The van der Waals surface area contributed by atoms with Crippen molar-refractivity contribution in [3.8, 4) is 0 Å². The van der Waals surface area contributed by atoms with Gasteiger partial charge < -0.3 is 14.8 Å². The molecular formula is C13H10Cl2INO4. The fourth-order valence-electron chi connectivity index (χ4n) is 1.60. The van der Waals surface area contributed by atoms with E-state index in [2.05, 4.69) is 27.9 Å². The van der Waals surface area contributed by atoms with Crippen molar-refractivity contribution in [2.24, 2.45) is 0 Å². The standard InChI is InChI=1S/C13H10Cl2INO4/c1-13(2)20-11(18)7(12(19)21-13)5-17-10-8(14)3-6(16)4-9(10)15/h3-5,17H,1-2H3. The normalized spacial score (nSPS) is 17.1. The van der Waals surface area contributed by atoms with Crippen molar-refractivity contribution in [2.75, 3.05) is 5.32 Å². The van der Waals surface area contributed by atoms with Crippen LogP contribution in [-0.2, 0) is 19.1 Å². The highest BCUT2D eigenvalue weighted by molar-refractivity contribution is 14.1. The van der Waals surface area contributed by atoms with Crippen LogP contribution in [0.3, 0.4) is 0 Å². The van der Waals surface area contributed by atoms with Gasteiger partial charge in [0.1, 0.15) is 0 Å². The molecule has 0 spiro atoms. The van der Waals surface area contributed by atoms with Crippen molar-refractivity contribution in [1.82, 2.24) is 0 Å². The van der Waals surface area contributed by atoms with Gasteiger partial charge in [-0.3, -0.25) is 0 Å². The van der Waals surface area contributed by atoms with Gasteiger partial charge in [-0.1, -0.05) is 23.2 Å². The largest absolute Gasteiger partial charge is 0.419 e. The number of hydrogen-bond acceptors (Lipinski definition) is 5. The molecule has 8 heteroatoms. The zero-order valence-corrected chi connectivity index (χ0v) is 14.7. The van der Waals surface area contributed by atoms with Crippen LogP contribution in [-0.4, -0.2) is 17.7 Å². The van der Waals surface area contributed by atoms with Crippen molar-refractivity contribution in [3.63, 3.8) is 0 Å². The molecule has 0 atom stereocenters. The minimum atomic E-state index is -1.27. The number of hydrogen-bond donors (Lipinski definition) is 1. The van der Waals surface area contributed by atoms with Crippen LogP contribution < -0.4 is 5.32 Å². The summed E-state index contributed by atoms with van der Waals surface area (Å²) in [6.45, 7) is 2.94. The summed E-state index contributed by atoms with van der Waals surface area (Å²) in [6, 6.07) is 3.38. The Bertz CT molecular complexity index is 613. The van der Waals surface area contributed by atoms with E-state index in [-0.39, 0.29) is 5.57 Å². The molecule has 112 valence electrons. The smallest absolute Gasteiger partial charge is 0.350 e. The molecule has 0 unspecified atom stereocenters. The number of anilines is 1. The minimum absolute atomic E-state index is 0.264. The Kier molecular flexibility index (Phi) is 4.69. The van der Waals surface area contributed by atoms with Gasteiger partial charge >= 0.3 is 11.9 Å². The van der Waals surface area contributed by atoms with E-state index >= 15 is 0 Å². The average Bonchev–Trinajstić information content (AvgIpc) is 2.29. The third-order valence-corrected chi connectivity index (χ3v) is 3.70. The third kappa shape index (κ3) is 3.81. The lowest BCUT2D eigenvalue weighted by molar-refractivity contribution is -0.222. The first-order valence-corrected chi connectivity index (χ1v) is 7.61. The predicted molar refractivity (Wildman–Crippen MR) is 87.1 cm³/mol. The molecule has 1 saturated heterocycles.